The predicted octanol–water partition coefficient (Wildman–Crippen LogP) is 2.18. The Bertz CT molecular complexity index is 812. The number of nitrogens with zero attached hydrogens (tertiary/aromatic N) is 1. The van der Waals surface area contributed by atoms with Crippen molar-refractivity contribution in [3.8, 4) is 5.75 Å². The molecule has 0 unspecified atom stereocenters. The third-order valence-corrected chi connectivity index (χ3v) is 6.01. The number of carbonyl (C=O) groups excluding carboxylic acids is 1. The van der Waals surface area contributed by atoms with E-state index in [0.29, 0.717) is 17.9 Å². The molecule has 1 amide bonds. The number of hydrogen-bond donors (Lipinski definition) is 0. The molecule has 0 N–H and O–H groups in total. The molecule has 0 bridgehead atoms. The van der Waals surface area contributed by atoms with Crippen LogP contribution >= 0.6 is 0 Å². The molecule has 1 aliphatic heterocycles. The molecular formula is C18H21NO5S. The average molecular weight is 363 g/mol. The van der Waals surface area contributed by atoms with E-state index >= 15 is 0 Å². The lowest BCUT2D eigenvalue weighted by atomic mass is 10.2. The maximum atomic E-state index is 12.7. The van der Waals surface area contributed by atoms with Crippen molar-refractivity contribution >= 4 is 15.7 Å². The third-order valence-electron chi connectivity index (χ3n) is 4.26. The zero-order valence-electron chi connectivity index (χ0n) is 14.1. The Kier molecular flexibility index (Phi) is 5.13. The van der Waals surface area contributed by atoms with E-state index in [0.717, 1.165) is 5.56 Å². The number of benzene rings is 1. The normalized spacial score (nSPS) is 18.8. The highest BCUT2D eigenvalue weighted by atomic mass is 32.2. The third kappa shape index (κ3) is 4.63. The van der Waals surface area contributed by atoms with Crippen LogP contribution in [0.2, 0.25) is 0 Å². The van der Waals surface area contributed by atoms with E-state index in [-0.39, 0.29) is 36.6 Å². The SMILES string of the molecule is Cc1ccc(OCC(=O)N(Cc2ccco2)[C@H]2CCS(=O)(=O)C2)cc1. The molecule has 1 aromatic carbocycles. The van der Waals surface area contributed by atoms with Gasteiger partial charge < -0.3 is 14.1 Å². The second-order valence-electron chi connectivity index (χ2n) is 6.26. The molecule has 1 fully saturated rings. The zero-order chi connectivity index (χ0) is 17.9. The van der Waals surface area contributed by atoms with Gasteiger partial charge >= 0.3 is 0 Å². The van der Waals surface area contributed by atoms with Crippen molar-refractivity contribution in [3.05, 3.63) is 54.0 Å². The van der Waals surface area contributed by atoms with E-state index in [1.165, 1.54) is 6.26 Å². The van der Waals surface area contributed by atoms with Gasteiger partial charge in [-0.3, -0.25) is 4.79 Å². The minimum atomic E-state index is -3.09. The Hall–Kier alpha value is -2.28. The monoisotopic (exact) mass is 363 g/mol. The molecule has 25 heavy (non-hydrogen) atoms. The molecule has 2 heterocycles. The van der Waals surface area contributed by atoms with E-state index < -0.39 is 9.84 Å². The van der Waals surface area contributed by atoms with Crippen molar-refractivity contribution in [1.82, 2.24) is 4.90 Å². The van der Waals surface area contributed by atoms with Crippen molar-refractivity contribution in [2.45, 2.75) is 25.9 Å². The summed E-state index contributed by atoms with van der Waals surface area (Å²) in [5.41, 5.74) is 1.11. The van der Waals surface area contributed by atoms with E-state index in [4.69, 9.17) is 9.15 Å². The standard InChI is InChI=1S/C18H21NO5S/c1-14-4-6-16(7-5-14)24-12-18(20)19(11-17-3-2-9-23-17)15-8-10-25(21,22)13-15/h2-7,9,15H,8,10-13H2,1H3/t15-/m0/s1. The number of aryl methyl sites for hydroxylation is 1. The molecule has 2 aromatic rings. The Morgan fingerprint density at radius 1 is 1.28 bits per heavy atom. The van der Waals surface area contributed by atoms with Gasteiger partial charge in [0.05, 0.1) is 24.3 Å². The van der Waals surface area contributed by atoms with Crippen LogP contribution in [0.4, 0.5) is 0 Å². The van der Waals surface area contributed by atoms with Crippen LogP contribution in [0.15, 0.2) is 47.1 Å². The minimum absolute atomic E-state index is 0.00994. The molecule has 134 valence electrons. The van der Waals surface area contributed by atoms with Crippen LogP contribution in [-0.2, 0) is 21.2 Å². The van der Waals surface area contributed by atoms with Crippen molar-refractivity contribution in [2.75, 3.05) is 18.1 Å². The fourth-order valence-corrected chi connectivity index (χ4v) is 4.61. The second kappa shape index (κ2) is 7.31. The molecule has 3 rings (SSSR count). The Labute approximate surface area is 147 Å². The van der Waals surface area contributed by atoms with Gasteiger partial charge in [0.15, 0.2) is 16.4 Å². The van der Waals surface area contributed by atoms with E-state index in [9.17, 15) is 13.2 Å². The summed E-state index contributed by atoms with van der Waals surface area (Å²) in [6.45, 7) is 2.07. The summed E-state index contributed by atoms with van der Waals surface area (Å²) in [4.78, 5) is 14.2. The first-order chi connectivity index (χ1) is 11.9. The van der Waals surface area contributed by atoms with Crippen molar-refractivity contribution in [1.29, 1.82) is 0 Å². The molecule has 0 spiro atoms. The predicted molar refractivity (Wildman–Crippen MR) is 93.0 cm³/mol. The first kappa shape index (κ1) is 17.5. The van der Waals surface area contributed by atoms with Gasteiger partial charge in [0.25, 0.3) is 5.91 Å². The molecule has 7 heteroatoms. The fraction of sp³-hybridized carbons (Fsp3) is 0.389. The summed E-state index contributed by atoms with van der Waals surface area (Å²) in [6.07, 6.45) is 1.98. The van der Waals surface area contributed by atoms with Gasteiger partial charge in [0, 0.05) is 6.04 Å². The zero-order valence-corrected chi connectivity index (χ0v) is 14.9. The van der Waals surface area contributed by atoms with Gasteiger partial charge in [-0.2, -0.15) is 0 Å². The molecule has 0 saturated carbocycles. The largest absolute Gasteiger partial charge is 0.484 e. The Morgan fingerprint density at radius 3 is 2.64 bits per heavy atom. The Morgan fingerprint density at radius 2 is 2.04 bits per heavy atom. The summed E-state index contributed by atoms with van der Waals surface area (Å²) in [5, 5.41) is 0. The summed E-state index contributed by atoms with van der Waals surface area (Å²) in [7, 11) is -3.09. The number of furan rings is 1. The summed E-state index contributed by atoms with van der Waals surface area (Å²) in [5.74, 6) is 1.07. The van der Waals surface area contributed by atoms with E-state index in [2.05, 4.69) is 0 Å². The lowest BCUT2D eigenvalue weighted by molar-refractivity contribution is -0.136. The summed E-state index contributed by atoms with van der Waals surface area (Å²) >= 11 is 0. The van der Waals surface area contributed by atoms with Crippen LogP contribution in [-0.4, -0.2) is 43.4 Å². The molecule has 1 aliphatic rings. The van der Waals surface area contributed by atoms with Crippen LogP contribution in [0.3, 0.4) is 0 Å². The molecule has 1 atom stereocenters. The first-order valence-corrected chi connectivity index (χ1v) is 9.97. The molecule has 0 aliphatic carbocycles. The first-order valence-electron chi connectivity index (χ1n) is 8.15. The van der Waals surface area contributed by atoms with Gasteiger partial charge in [0.2, 0.25) is 0 Å². The maximum Gasteiger partial charge on any atom is 0.261 e. The van der Waals surface area contributed by atoms with Crippen molar-refractivity contribution in [2.24, 2.45) is 0 Å². The molecular weight excluding hydrogens is 342 g/mol. The van der Waals surface area contributed by atoms with Gasteiger partial charge in [-0.1, -0.05) is 17.7 Å². The maximum absolute atomic E-state index is 12.7. The fourth-order valence-electron chi connectivity index (χ4n) is 2.88. The lowest BCUT2D eigenvalue weighted by Gasteiger charge is -2.27. The molecule has 6 nitrogen and oxygen atoms in total. The average Bonchev–Trinajstić information content (AvgIpc) is 3.21. The smallest absolute Gasteiger partial charge is 0.261 e. The van der Waals surface area contributed by atoms with E-state index in [1.807, 2.05) is 19.1 Å². The van der Waals surface area contributed by atoms with Crippen LogP contribution in [0, 0.1) is 6.92 Å². The number of rotatable bonds is 6. The number of amides is 1. The van der Waals surface area contributed by atoms with Gasteiger partial charge in [0.1, 0.15) is 11.5 Å². The Balaban J connectivity index is 1.69. The molecule has 0 radical (unpaired) electrons. The quantitative estimate of drug-likeness (QED) is 0.786. The number of ether oxygens (including phenoxy) is 1. The summed E-state index contributed by atoms with van der Waals surface area (Å²) in [6, 6.07) is 10.6. The van der Waals surface area contributed by atoms with Crippen LogP contribution in [0.1, 0.15) is 17.7 Å². The van der Waals surface area contributed by atoms with Crippen molar-refractivity contribution < 1.29 is 22.4 Å². The van der Waals surface area contributed by atoms with Crippen LogP contribution in [0.25, 0.3) is 0 Å². The van der Waals surface area contributed by atoms with Gasteiger partial charge in [-0.15, -0.1) is 0 Å². The number of hydrogen-bond acceptors (Lipinski definition) is 5. The highest BCUT2D eigenvalue weighted by Crippen LogP contribution is 2.21. The number of carbonyl (C=O) groups is 1. The molecule has 1 aromatic heterocycles. The topological polar surface area (TPSA) is 76.8 Å². The minimum Gasteiger partial charge on any atom is -0.484 e. The van der Waals surface area contributed by atoms with Gasteiger partial charge in [-0.05, 0) is 37.6 Å². The van der Waals surface area contributed by atoms with Crippen molar-refractivity contribution in [3.63, 3.8) is 0 Å². The highest BCUT2D eigenvalue weighted by molar-refractivity contribution is 7.91. The lowest BCUT2D eigenvalue weighted by Crippen LogP contribution is -2.43. The second-order valence-corrected chi connectivity index (χ2v) is 8.49. The van der Waals surface area contributed by atoms with E-state index in [1.54, 1.807) is 29.2 Å². The summed E-state index contributed by atoms with van der Waals surface area (Å²) < 4.78 is 34.5. The number of sulfone groups is 1. The van der Waals surface area contributed by atoms with Gasteiger partial charge in [-0.25, -0.2) is 8.42 Å². The molecule has 1 saturated heterocycles. The van der Waals surface area contributed by atoms with Crippen LogP contribution in [0.5, 0.6) is 5.75 Å². The highest BCUT2D eigenvalue weighted by Gasteiger charge is 2.35. The van der Waals surface area contributed by atoms with Crippen LogP contribution < -0.4 is 4.74 Å².